The number of halogens is 3. The molecule has 1 rings (SSSR count). The fourth-order valence-corrected chi connectivity index (χ4v) is 3.36. The van der Waals surface area contributed by atoms with Crippen LogP contribution in [-0.2, 0) is 22.9 Å². The number of rotatable bonds is 9. The molecule has 0 N–H and O–H groups in total. The summed E-state index contributed by atoms with van der Waals surface area (Å²) in [5.74, 6) is 0.831. The molecule has 0 aromatic carbocycles. The Morgan fingerprint density at radius 2 is 1.07 bits per heavy atom. The summed E-state index contributed by atoms with van der Waals surface area (Å²) in [7, 11) is -3.79. The Hall–Kier alpha value is 1.10. The zero-order chi connectivity index (χ0) is 11.2. The van der Waals surface area contributed by atoms with Crippen LogP contribution in [0.3, 0.4) is 0 Å². The van der Waals surface area contributed by atoms with Gasteiger partial charge in [-0.3, -0.25) is 0 Å². The van der Waals surface area contributed by atoms with Gasteiger partial charge in [-0.2, -0.15) is 0 Å². The number of alkyl halides is 3. The minimum atomic E-state index is -3.79. The van der Waals surface area contributed by atoms with E-state index in [4.69, 9.17) is 57.7 Å². The molecule has 92 valence electrons. The molecule has 5 nitrogen and oxygen atoms in total. The van der Waals surface area contributed by atoms with Crippen LogP contribution in [0.25, 0.3) is 0 Å². The Morgan fingerprint density at radius 3 is 1.27 bits per heavy atom. The molecule has 1 aliphatic rings. The van der Waals surface area contributed by atoms with Crippen LogP contribution in [-0.4, -0.2) is 37.5 Å². The van der Waals surface area contributed by atoms with Gasteiger partial charge in [0.05, 0.1) is 0 Å². The molecule has 1 heterocycles. The Kier molecular flexibility index (Phi) is 5.80. The van der Waals surface area contributed by atoms with E-state index in [9.17, 15) is 0 Å². The van der Waals surface area contributed by atoms with Gasteiger partial charge in [-0.25, -0.2) is 0 Å². The van der Waals surface area contributed by atoms with Crippen molar-refractivity contribution in [3.63, 3.8) is 0 Å². The van der Waals surface area contributed by atoms with Gasteiger partial charge in [0.2, 0.25) is 0 Å². The first-order chi connectivity index (χ1) is 7.20. The second-order valence-electron chi connectivity index (χ2n) is 2.46. The van der Waals surface area contributed by atoms with Gasteiger partial charge in [-0.1, -0.05) is 0 Å². The second-order valence-corrected chi connectivity index (χ2v) is 6.16. The first-order valence-corrected chi connectivity index (χ1v) is 7.68. The zero-order valence-electron chi connectivity index (χ0n) is 7.86. The van der Waals surface area contributed by atoms with Crippen LogP contribution in [0.2, 0.25) is 0 Å². The van der Waals surface area contributed by atoms with Crippen LogP contribution >= 0.6 is 42.5 Å². The summed E-state index contributed by atoms with van der Waals surface area (Å²) in [6, 6.07) is 0. The fourth-order valence-electron chi connectivity index (χ4n) is 0.832. The SMILES string of the molecule is ClCCOP1(OCCCl)(OCCCl)OO1. The molecule has 0 aromatic rings. The predicted molar refractivity (Wildman–Crippen MR) is 59.1 cm³/mol. The standard InChI is InChI=1S/C6H12Cl3O5P/c7-1-4-10-15(13-14-15,11-5-2-8)12-6-3-9/h1-6H2. The van der Waals surface area contributed by atoms with E-state index in [0.717, 1.165) is 0 Å². The average Bonchev–Trinajstić information content (AvgIpc) is 2.99. The Bertz CT molecular complexity index is 175. The quantitative estimate of drug-likeness (QED) is 0.284. The third-order valence-corrected chi connectivity index (χ3v) is 4.18. The van der Waals surface area contributed by atoms with Crippen molar-refractivity contribution >= 4 is 42.5 Å². The van der Waals surface area contributed by atoms with Crippen LogP contribution in [0.4, 0.5) is 0 Å². The molecule has 1 saturated heterocycles. The van der Waals surface area contributed by atoms with Gasteiger partial charge >= 0.3 is 103 Å². The van der Waals surface area contributed by atoms with Gasteiger partial charge in [0.25, 0.3) is 0 Å². The van der Waals surface area contributed by atoms with E-state index in [-0.39, 0.29) is 37.5 Å². The minimum absolute atomic E-state index is 0.198. The normalized spacial score (nSPS) is 24.3. The monoisotopic (exact) mass is 300 g/mol. The molecule has 0 bridgehead atoms. The molecule has 0 saturated carbocycles. The molecule has 9 heteroatoms. The Labute approximate surface area is 103 Å². The molecular weight excluding hydrogens is 289 g/mol. The molecule has 0 atom stereocenters. The predicted octanol–water partition coefficient (Wildman–Crippen LogP) is 2.84. The van der Waals surface area contributed by atoms with Crippen LogP contribution in [0.5, 0.6) is 0 Å². The molecule has 15 heavy (non-hydrogen) atoms. The van der Waals surface area contributed by atoms with E-state index in [2.05, 4.69) is 0 Å². The van der Waals surface area contributed by atoms with Crippen LogP contribution in [0.15, 0.2) is 0 Å². The summed E-state index contributed by atoms with van der Waals surface area (Å²) in [4.78, 5) is 0. The van der Waals surface area contributed by atoms with Crippen LogP contribution in [0.1, 0.15) is 0 Å². The van der Waals surface area contributed by atoms with Gasteiger partial charge < -0.3 is 0 Å². The third kappa shape index (κ3) is 3.80. The van der Waals surface area contributed by atoms with Crippen molar-refractivity contribution in [3.8, 4) is 0 Å². The number of hydrogen-bond acceptors (Lipinski definition) is 5. The molecule has 0 unspecified atom stereocenters. The van der Waals surface area contributed by atoms with Crippen molar-refractivity contribution in [1.29, 1.82) is 0 Å². The summed E-state index contributed by atoms with van der Waals surface area (Å²) >= 11 is 16.5. The summed E-state index contributed by atoms with van der Waals surface area (Å²) in [6.45, 7) is 0.595. The summed E-state index contributed by atoms with van der Waals surface area (Å²) in [5, 5.41) is 0. The van der Waals surface area contributed by atoms with Gasteiger partial charge in [0.15, 0.2) is 0 Å². The van der Waals surface area contributed by atoms with Crippen molar-refractivity contribution in [2.24, 2.45) is 0 Å². The summed E-state index contributed by atoms with van der Waals surface area (Å²) < 4.78 is 25.4. The molecule has 1 aliphatic heterocycles. The first kappa shape index (κ1) is 14.2. The second kappa shape index (κ2) is 6.15. The Balaban J connectivity index is 2.50. The topological polar surface area (TPSA) is 52.8 Å². The molecule has 0 spiro atoms. The van der Waals surface area contributed by atoms with E-state index < -0.39 is 7.74 Å². The molecule has 1 fully saturated rings. The third-order valence-electron chi connectivity index (χ3n) is 1.39. The average molecular weight is 301 g/mol. The molecule has 0 aromatic heterocycles. The first-order valence-electron chi connectivity index (χ1n) is 4.25. The summed E-state index contributed by atoms with van der Waals surface area (Å²) in [6.07, 6.45) is 0. The van der Waals surface area contributed by atoms with Gasteiger partial charge in [0, 0.05) is 0 Å². The van der Waals surface area contributed by atoms with Crippen LogP contribution in [0, 0.1) is 0 Å². The van der Waals surface area contributed by atoms with E-state index in [0.29, 0.717) is 0 Å². The van der Waals surface area contributed by atoms with Crippen molar-refractivity contribution in [1.82, 2.24) is 0 Å². The zero-order valence-corrected chi connectivity index (χ0v) is 11.0. The van der Waals surface area contributed by atoms with Crippen molar-refractivity contribution in [2.45, 2.75) is 0 Å². The maximum atomic E-state index is 5.49. The molecule has 0 aliphatic carbocycles. The molecule has 0 amide bonds. The van der Waals surface area contributed by atoms with Crippen LogP contribution < -0.4 is 0 Å². The molecular formula is C6H12Cl3O5P. The summed E-state index contributed by atoms with van der Waals surface area (Å²) in [5.41, 5.74) is 0. The Morgan fingerprint density at radius 1 is 0.733 bits per heavy atom. The maximum absolute atomic E-state index is 5.49. The fraction of sp³-hybridized carbons (Fsp3) is 1.00. The van der Waals surface area contributed by atoms with E-state index in [1.165, 1.54) is 0 Å². The van der Waals surface area contributed by atoms with Crippen molar-refractivity contribution in [2.75, 3.05) is 37.5 Å². The van der Waals surface area contributed by atoms with Gasteiger partial charge in [-0.05, 0) is 0 Å². The van der Waals surface area contributed by atoms with Gasteiger partial charge in [0.1, 0.15) is 0 Å². The van der Waals surface area contributed by atoms with Crippen molar-refractivity contribution in [3.05, 3.63) is 0 Å². The van der Waals surface area contributed by atoms with Gasteiger partial charge in [-0.15, -0.1) is 0 Å². The van der Waals surface area contributed by atoms with Crippen molar-refractivity contribution < 1.29 is 22.9 Å². The van der Waals surface area contributed by atoms with E-state index in [1.54, 1.807) is 0 Å². The van der Waals surface area contributed by atoms with E-state index >= 15 is 0 Å². The number of hydrogen-bond donors (Lipinski definition) is 0. The molecule has 0 radical (unpaired) electrons. The van der Waals surface area contributed by atoms with E-state index in [1.807, 2.05) is 0 Å².